The predicted octanol–water partition coefficient (Wildman–Crippen LogP) is 5.45. The Hall–Kier alpha value is -0.980. The minimum Gasteiger partial charge on any atom is -0.490 e. The second-order valence-corrected chi connectivity index (χ2v) is 5.18. The topological polar surface area (TPSA) is 9.23 Å². The molecule has 1 nitrogen and oxygen atoms in total. The Labute approximate surface area is 113 Å². The van der Waals surface area contributed by atoms with Crippen molar-refractivity contribution in [3.8, 4) is 5.75 Å². The molecule has 0 saturated heterocycles. The number of benzene rings is 1. The summed E-state index contributed by atoms with van der Waals surface area (Å²) < 4.78 is 6.06. The van der Waals surface area contributed by atoms with Gasteiger partial charge in [0, 0.05) is 0 Å². The highest BCUT2D eigenvalue weighted by Crippen LogP contribution is 2.23. The molecule has 0 spiro atoms. The van der Waals surface area contributed by atoms with Crippen molar-refractivity contribution in [1.82, 2.24) is 0 Å². The van der Waals surface area contributed by atoms with E-state index in [2.05, 4.69) is 20.8 Å². The summed E-state index contributed by atoms with van der Waals surface area (Å²) in [4.78, 5) is 0. The normalized spacial score (nSPS) is 14.2. The van der Waals surface area contributed by atoms with Gasteiger partial charge in [-0.1, -0.05) is 57.7 Å². The van der Waals surface area contributed by atoms with E-state index in [4.69, 9.17) is 4.74 Å². The molecule has 0 aliphatic carbocycles. The van der Waals surface area contributed by atoms with E-state index in [1.54, 1.807) is 0 Å². The van der Waals surface area contributed by atoms with Gasteiger partial charge < -0.3 is 4.74 Å². The Balaban J connectivity index is 2.45. The van der Waals surface area contributed by atoms with E-state index in [-0.39, 0.29) is 0 Å². The SMILES string of the molecule is CCCCCC(CCC)C(C)Oc1ccccc1. The molecule has 0 N–H and O–H groups in total. The monoisotopic (exact) mass is 248 g/mol. The highest BCUT2D eigenvalue weighted by molar-refractivity contribution is 5.21. The van der Waals surface area contributed by atoms with Crippen LogP contribution in [-0.4, -0.2) is 6.10 Å². The zero-order valence-corrected chi connectivity index (χ0v) is 12.2. The van der Waals surface area contributed by atoms with Gasteiger partial charge in [-0.2, -0.15) is 0 Å². The number of hydrogen-bond acceptors (Lipinski definition) is 1. The Morgan fingerprint density at radius 3 is 2.28 bits per heavy atom. The highest BCUT2D eigenvalue weighted by atomic mass is 16.5. The highest BCUT2D eigenvalue weighted by Gasteiger charge is 2.17. The Kier molecular flexibility index (Phi) is 7.55. The quantitative estimate of drug-likeness (QED) is 0.528. The summed E-state index contributed by atoms with van der Waals surface area (Å²) in [6, 6.07) is 10.2. The molecule has 1 aromatic rings. The molecular weight excluding hydrogens is 220 g/mol. The Morgan fingerprint density at radius 1 is 0.944 bits per heavy atom. The van der Waals surface area contributed by atoms with Crippen molar-refractivity contribution in [3.05, 3.63) is 30.3 Å². The summed E-state index contributed by atoms with van der Waals surface area (Å²) >= 11 is 0. The van der Waals surface area contributed by atoms with E-state index in [9.17, 15) is 0 Å². The first-order valence-electron chi connectivity index (χ1n) is 7.49. The first-order chi connectivity index (χ1) is 8.77. The van der Waals surface area contributed by atoms with Gasteiger partial charge in [-0.3, -0.25) is 0 Å². The third-order valence-electron chi connectivity index (χ3n) is 3.57. The molecule has 1 aromatic carbocycles. The zero-order valence-electron chi connectivity index (χ0n) is 12.2. The minimum atomic E-state index is 0.323. The fourth-order valence-electron chi connectivity index (χ4n) is 2.45. The average molecular weight is 248 g/mol. The molecular formula is C17H28O. The lowest BCUT2D eigenvalue weighted by Gasteiger charge is -2.24. The van der Waals surface area contributed by atoms with Crippen LogP contribution in [0.2, 0.25) is 0 Å². The Morgan fingerprint density at radius 2 is 1.67 bits per heavy atom. The molecule has 0 amide bonds. The maximum absolute atomic E-state index is 6.06. The average Bonchev–Trinajstić information content (AvgIpc) is 2.39. The van der Waals surface area contributed by atoms with E-state index in [1.165, 1.54) is 38.5 Å². The molecule has 0 saturated carbocycles. The van der Waals surface area contributed by atoms with E-state index in [1.807, 2.05) is 30.3 Å². The van der Waals surface area contributed by atoms with Crippen LogP contribution in [0.1, 0.15) is 59.3 Å². The molecule has 0 heterocycles. The van der Waals surface area contributed by atoms with Crippen LogP contribution in [0.4, 0.5) is 0 Å². The smallest absolute Gasteiger partial charge is 0.119 e. The lowest BCUT2D eigenvalue weighted by atomic mass is 9.92. The van der Waals surface area contributed by atoms with Crippen LogP contribution >= 0.6 is 0 Å². The first kappa shape index (κ1) is 15.1. The maximum atomic E-state index is 6.06. The largest absolute Gasteiger partial charge is 0.490 e. The van der Waals surface area contributed by atoms with E-state index in [0.717, 1.165) is 5.75 Å². The molecule has 1 rings (SSSR count). The van der Waals surface area contributed by atoms with Crippen LogP contribution in [0.5, 0.6) is 5.75 Å². The number of ether oxygens (including phenoxy) is 1. The van der Waals surface area contributed by atoms with Gasteiger partial charge in [-0.15, -0.1) is 0 Å². The van der Waals surface area contributed by atoms with Crippen molar-refractivity contribution in [2.24, 2.45) is 5.92 Å². The summed E-state index contributed by atoms with van der Waals surface area (Å²) in [7, 11) is 0. The van der Waals surface area contributed by atoms with Crippen molar-refractivity contribution in [2.75, 3.05) is 0 Å². The summed E-state index contributed by atoms with van der Waals surface area (Å²) in [6.45, 7) is 6.75. The van der Waals surface area contributed by atoms with Crippen LogP contribution in [0.15, 0.2) is 30.3 Å². The molecule has 102 valence electrons. The van der Waals surface area contributed by atoms with E-state index >= 15 is 0 Å². The lowest BCUT2D eigenvalue weighted by molar-refractivity contribution is 0.136. The molecule has 0 radical (unpaired) electrons. The van der Waals surface area contributed by atoms with Crippen LogP contribution in [0.3, 0.4) is 0 Å². The van der Waals surface area contributed by atoms with Gasteiger partial charge >= 0.3 is 0 Å². The number of hydrogen-bond donors (Lipinski definition) is 0. The van der Waals surface area contributed by atoms with E-state index < -0.39 is 0 Å². The molecule has 0 aliphatic rings. The molecule has 1 heteroatoms. The molecule has 0 aromatic heterocycles. The van der Waals surface area contributed by atoms with Gasteiger partial charge in [0.05, 0.1) is 6.10 Å². The van der Waals surface area contributed by atoms with Gasteiger partial charge in [0.2, 0.25) is 0 Å². The van der Waals surface area contributed by atoms with Crippen LogP contribution in [0, 0.1) is 5.92 Å². The van der Waals surface area contributed by atoms with Crippen molar-refractivity contribution in [1.29, 1.82) is 0 Å². The molecule has 0 bridgehead atoms. The Bertz CT molecular complexity index is 294. The number of para-hydroxylation sites is 1. The second kappa shape index (κ2) is 9.02. The molecule has 2 atom stereocenters. The third-order valence-corrected chi connectivity index (χ3v) is 3.57. The summed E-state index contributed by atoms with van der Waals surface area (Å²) in [5.74, 6) is 1.70. The lowest BCUT2D eigenvalue weighted by Crippen LogP contribution is -2.23. The van der Waals surface area contributed by atoms with Crippen molar-refractivity contribution in [2.45, 2.75) is 65.4 Å². The van der Waals surface area contributed by atoms with Crippen LogP contribution < -0.4 is 4.74 Å². The summed E-state index contributed by atoms with van der Waals surface area (Å²) in [5, 5.41) is 0. The van der Waals surface area contributed by atoms with Gasteiger partial charge in [0.15, 0.2) is 0 Å². The fraction of sp³-hybridized carbons (Fsp3) is 0.647. The summed E-state index contributed by atoms with van der Waals surface area (Å²) in [6.07, 6.45) is 8.13. The number of rotatable bonds is 9. The fourth-order valence-corrected chi connectivity index (χ4v) is 2.45. The zero-order chi connectivity index (χ0) is 13.2. The molecule has 2 unspecified atom stereocenters. The maximum Gasteiger partial charge on any atom is 0.119 e. The van der Waals surface area contributed by atoms with Gasteiger partial charge in [-0.05, 0) is 37.8 Å². The van der Waals surface area contributed by atoms with Crippen LogP contribution in [-0.2, 0) is 0 Å². The second-order valence-electron chi connectivity index (χ2n) is 5.18. The standard InChI is InChI=1S/C17H28O/c1-4-6-8-12-16(11-5-2)15(3)18-17-13-9-7-10-14-17/h7,9-10,13-16H,4-6,8,11-12H2,1-3H3. The predicted molar refractivity (Wildman–Crippen MR) is 79.1 cm³/mol. The molecule has 0 fully saturated rings. The third kappa shape index (κ3) is 5.57. The van der Waals surface area contributed by atoms with Crippen molar-refractivity contribution < 1.29 is 4.74 Å². The van der Waals surface area contributed by atoms with E-state index in [0.29, 0.717) is 12.0 Å². The summed E-state index contributed by atoms with van der Waals surface area (Å²) in [5.41, 5.74) is 0. The van der Waals surface area contributed by atoms with Crippen molar-refractivity contribution >= 4 is 0 Å². The van der Waals surface area contributed by atoms with Crippen molar-refractivity contribution in [3.63, 3.8) is 0 Å². The minimum absolute atomic E-state index is 0.323. The van der Waals surface area contributed by atoms with Gasteiger partial charge in [0.1, 0.15) is 5.75 Å². The molecule has 0 aliphatic heterocycles. The van der Waals surface area contributed by atoms with Gasteiger partial charge in [-0.25, -0.2) is 0 Å². The van der Waals surface area contributed by atoms with Gasteiger partial charge in [0.25, 0.3) is 0 Å². The molecule has 18 heavy (non-hydrogen) atoms. The van der Waals surface area contributed by atoms with Crippen LogP contribution in [0.25, 0.3) is 0 Å². The first-order valence-corrected chi connectivity index (χ1v) is 7.49. The number of unbranched alkanes of at least 4 members (excludes halogenated alkanes) is 2.